The minimum atomic E-state index is 0.107. The molecule has 126 valence electrons. The molecule has 3 aromatic rings. The molecule has 1 aliphatic carbocycles. The topological polar surface area (TPSA) is 67.3 Å². The number of phenolic OH excluding ortho intramolecular Hbond substituents is 1. The predicted molar refractivity (Wildman–Crippen MR) is 96.8 cm³/mol. The summed E-state index contributed by atoms with van der Waals surface area (Å²) in [6.07, 6.45) is 5.58. The first-order valence-electron chi connectivity index (χ1n) is 8.28. The molecule has 0 spiro atoms. The van der Waals surface area contributed by atoms with Crippen LogP contribution in [0.25, 0.3) is 11.3 Å². The highest BCUT2D eigenvalue weighted by Gasteiger charge is 2.22. The summed E-state index contributed by atoms with van der Waals surface area (Å²) < 4.78 is 5.17. The first kappa shape index (κ1) is 15.4. The SMILES string of the molecule is COc1cc(-c2cncc(NC3CCc4ccccc43)n2)ccc1O. The number of nitrogens with one attached hydrogen (secondary N) is 1. The van der Waals surface area contributed by atoms with E-state index in [0.717, 1.165) is 29.9 Å². The van der Waals surface area contributed by atoms with Crippen LogP contribution in [-0.2, 0) is 6.42 Å². The molecular weight excluding hydrogens is 314 g/mol. The molecule has 4 rings (SSSR count). The molecule has 0 amide bonds. The maximum absolute atomic E-state index is 9.75. The average Bonchev–Trinajstić information content (AvgIpc) is 3.05. The van der Waals surface area contributed by atoms with E-state index in [-0.39, 0.29) is 11.8 Å². The van der Waals surface area contributed by atoms with Crippen LogP contribution in [0.15, 0.2) is 54.9 Å². The van der Waals surface area contributed by atoms with Gasteiger partial charge in [0.05, 0.1) is 31.2 Å². The lowest BCUT2D eigenvalue weighted by Crippen LogP contribution is -2.09. The first-order valence-corrected chi connectivity index (χ1v) is 8.28. The quantitative estimate of drug-likeness (QED) is 0.756. The number of hydrogen-bond donors (Lipinski definition) is 2. The Kier molecular flexibility index (Phi) is 3.98. The number of aromatic hydroxyl groups is 1. The molecule has 1 heterocycles. The molecule has 0 fully saturated rings. The number of anilines is 1. The Balaban J connectivity index is 1.60. The molecule has 5 heteroatoms. The molecule has 0 radical (unpaired) electrons. The van der Waals surface area contributed by atoms with E-state index in [4.69, 9.17) is 4.74 Å². The molecule has 1 unspecified atom stereocenters. The Bertz CT molecular complexity index is 911. The van der Waals surface area contributed by atoms with Crippen LogP contribution in [0.3, 0.4) is 0 Å². The van der Waals surface area contributed by atoms with E-state index in [1.165, 1.54) is 18.2 Å². The molecular formula is C20H19N3O2. The van der Waals surface area contributed by atoms with Gasteiger partial charge in [0.1, 0.15) is 5.82 Å². The molecule has 0 aliphatic heterocycles. The third kappa shape index (κ3) is 3.01. The Labute approximate surface area is 146 Å². The molecule has 2 aromatic carbocycles. The molecule has 1 aromatic heterocycles. The van der Waals surface area contributed by atoms with Gasteiger partial charge in [-0.3, -0.25) is 4.98 Å². The number of methoxy groups -OCH3 is 1. The molecule has 2 N–H and O–H groups in total. The Morgan fingerprint density at radius 1 is 1.16 bits per heavy atom. The molecule has 1 atom stereocenters. The van der Waals surface area contributed by atoms with Gasteiger partial charge in [0.2, 0.25) is 0 Å². The van der Waals surface area contributed by atoms with Crippen molar-refractivity contribution >= 4 is 5.82 Å². The van der Waals surface area contributed by atoms with Gasteiger partial charge in [-0.05, 0) is 42.2 Å². The fourth-order valence-corrected chi connectivity index (χ4v) is 3.30. The summed E-state index contributed by atoms with van der Waals surface area (Å²) in [5.41, 5.74) is 4.31. The van der Waals surface area contributed by atoms with E-state index in [1.54, 1.807) is 30.6 Å². The van der Waals surface area contributed by atoms with Crippen LogP contribution in [0.4, 0.5) is 5.82 Å². The normalized spacial score (nSPS) is 15.6. The minimum absolute atomic E-state index is 0.107. The summed E-state index contributed by atoms with van der Waals surface area (Å²) in [4.78, 5) is 8.98. The molecule has 0 saturated heterocycles. The van der Waals surface area contributed by atoms with Gasteiger partial charge >= 0.3 is 0 Å². The number of rotatable bonds is 4. The van der Waals surface area contributed by atoms with Crippen LogP contribution < -0.4 is 10.1 Å². The van der Waals surface area contributed by atoms with Crippen LogP contribution in [0.1, 0.15) is 23.6 Å². The summed E-state index contributed by atoms with van der Waals surface area (Å²) in [5, 5.41) is 13.2. The van der Waals surface area contributed by atoms with E-state index in [1.807, 2.05) is 0 Å². The lowest BCUT2D eigenvalue weighted by molar-refractivity contribution is 0.373. The molecule has 0 bridgehead atoms. The zero-order chi connectivity index (χ0) is 17.2. The van der Waals surface area contributed by atoms with Gasteiger partial charge in [-0.15, -0.1) is 0 Å². The fraction of sp³-hybridized carbons (Fsp3) is 0.200. The van der Waals surface area contributed by atoms with Crippen LogP contribution in [-0.4, -0.2) is 22.2 Å². The summed E-state index contributed by atoms with van der Waals surface area (Å²) in [6, 6.07) is 13.9. The summed E-state index contributed by atoms with van der Waals surface area (Å²) in [5.74, 6) is 1.27. The second kappa shape index (κ2) is 6.43. The lowest BCUT2D eigenvalue weighted by atomic mass is 10.1. The number of nitrogens with zero attached hydrogens (tertiary/aromatic N) is 2. The van der Waals surface area contributed by atoms with E-state index in [2.05, 4.69) is 39.6 Å². The van der Waals surface area contributed by atoms with E-state index in [9.17, 15) is 5.11 Å². The van der Waals surface area contributed by atoms with Gasteiger partial charge < -0.3 is 15.2 Å². The Morgan fingerprint density at radius 3 is 2.92 bits per heavy atom. The first-order chi connectivity index (χ1) is 12.2. The second-order valence-corrected chi connectivity index (χ2v) is 6.11. The van der Waals surface area contributed by atoms with Crippen LogP contribution in [0.2, 0.25) is 0 Å². The highest BCUT2D eigenvalue weighted by molar-refractivity contribution is 5.64. The number of hydrogen-bond acceptors (Lipinski definition) is 5. The van der Waals surface area contributed by atoms with Crippen molar-refractivity contribution < 1.29 is 9.84 Å². The average molecular weight is 333 g/mol. The molecule has 5 nitrogen and oxygen atoms in total. The number of fused-ring (bicyclic) bond motifs is 1. The number of phenols is 1. The third-order valence-corrected chi connectivity index (χ3v) is 4.57. The zero-order valence-corrected chi connectivity index (χ0v) is 13.9. The highest BCUT2D eigenvalue weighted by Crippen LogP contribution is 2.34. The standard InChI is InChI=1S/C20H19N3O2/c1-25-19-10-14(7-9-18(19)24)17-11-21-12-20(23-17)22-16-8-6-13-4-2-3-5-15(13)16/h2-5,7,9-12,16,24H,6,8H2,1H3,(H,22,23). The minimum Gasteiger partial charge on any atom is -0.504 e. The number of benzene rings is 2. The largest absolute Gasteiger partial charge is 0.504 e. The maximum atomic E-state index is 9.75. The van der Waals surface area contributed by atoms with Gasteiger partial charge in [0.25, 0.3) is 0 Å². The van der Waals surface area contributed by atoms with Crippen molar-refractivity contribution in [1.29, 1.82) is 0 Å². The van der Waals surface area contributed by atoms with Crippen molar-refractivity contribution in [2.45, 2.75) is 18.9 Å². The smallest absolute Gasteiger partial charge is 0.161 e. The van der Waals surface area contributed by atoms with Crippen molar-refractivity contribution in [3.8, 4) is 22.8 Å². The van der Waals surface area contributed by atoms with Gasteiger partial charge in [-0.1, -0.05) is 24.3 Å². The number of aryl methyl sites for hydroxylation is 1. The van der Waals surface area contributed by atoms with Gasteiger partial charge in [-0.2, -0.15) is 0 Å². The van der Waals surface area contributed by atoms with Crippen LogP contribution >= 0.6 is 0 Å². The van der Waals surface area contributed by atoms with Gasteiger partial charge in [-0.25, -0.2) is 4.98 Å². The van der Waals surface area contributed by atoms with E-state index >= 15 is 0 Å². The summed E-state index contributed by atoms with van der Waals surface area (Å²) >= 11 is 0. The molecule has 1 aliphatic rings. The van der Waals surface area contributed by atoms with Crippen molar-refractivity contribution in [2.75, 3.05) is 12.4 Å². The monoisotopic (exact) mass is 333 g/mol. The number of ether oxygens (including phenoxy) is 1. The Morgan fingerprint density at radius 2 is 2.04 bits per heavy atom. The van der Waals surface area contributed by atoms with E-state index < -0.39 is 0 Å². The van der Waals surface area contributed by atoms with Crippen LogP contribution in [0.5, 0.6) is 11.5 Å². The predicted octanol–water partition coefficient (Wildman–Crippen LogP) is 3.96. The maximum Gasteiger partial charge on any atom is 0.161 e. The number of aromatic nitrogens is 2. The highest BCUT2D eigenvalue weighted by atomic mass is 16.5. The van der Waals surface area contributed by atoms with Crippen molar-refractivity contribution in [3.63, 3.8) is 0 Å². The zero-order valence-electron chi connectivity index (χ0n) is 13.9. The molecule has 0 saturated carbocycles. The molecule has 25 heavy (non-hydrogen) atoms. The Hall–Kier alpha value is -3.08. The fourth-order valence-electron chi connectivity index (χ4n) is 3.30. The van der Waals surface area contributed by atoms with Crippen molar-refractivity contribution in [2.24, 2.45) is 0 Å². The lowest BCUT2D eigenvalue weighted by Gasteiger charge is -2.15. The third-order valence-electron chi connectivity index (χ3n) is 4.57. The summed E-state index contributed by atoms with van der Waals surface area (Å²) in [7, 11) is 1.53. The second-order valence-electron chi connectivity index (χ2n) is 6.11. The summed E-state index contributed by atoms with van der Waals surface area (Å²) in [6.45, 7) is 0. The van der Waals surface area contributed by atoms with Crippen LogP contribution in [0, 0.1) is 0 Å². The van der Waals surface area contributed by atoms with Gasteiger partial charge in [0, 0.05) is 5.56 Å². The van der Waals surface area contributed by atoms with E-state index in [0.29, 0.717) is 5.75 Å². The van der Waals surface area contributed by atoms with Gasteiger partial charge in [0.15, 0.2) is 11.5 Å². The van der Waals surface area contributed by atoms with Crippen molar-refractivity contribution in [3.05, 3.63) is 66.0 Å². The van der Waals surface area contributed by atoms with Crippen molar-refractivity contribution in [1.82, 2.24) is 9.97 Å².